The quantitative estimate of drug-likeness (QED) is 0.523. The number of amides is 2. The molecule has 0 aliphatic heterocycles. The van der Waals surface area contributed by atoms with Gasteiger partial charge in [0.25, 0.3) is 0 Å². The van der Waals surface area contributed by atoms with Gasteiger partial charge in [0.15, 0.2) is 0 Å². The van der Waals surface area contributed by atoms with E-state index in [9.17, 15) is 9.59 Å². The molecule has 0 radical (unpaired) electrons. The Hall–Kier alpha value is -1.98. The molecule has 1 aliphatic rings. The van der Waals surface area contributed by atoms with Crippen molar-refractivity contribution in [2.24, 2.45) is 0 Å². The van der Waals surface area contributed by atoms with E-state index in [4.69, 9.17) is 11.6 Å². The molecule has 6 heteroatoms. The van der Waals surface area contributed by atoms with Crippen LogP contribution >= 0.6 is 23.4 Å². The Kier molecular flexibility index (Phi) is 8.85. The molecule has 0 bridgehead atoms. The minimum Gasteiger partial charge on any atom is -0.352 e. The van der Waals surface area contributed by atoms with E-state index in [0.717, 1.165) is 41.7 Å². The lowest BCUT2D eigenvalue weighted by Crippen LogP contribution is -2.50. The fraction of sp³-hybridized carbons (Fsp3) is 0.440. The molecule has 0 aromatic heterocycles. The van der Waals surface area contributed by atoms with E-state index in [0.29, 0.717) is 11.6 Å². The molecule has 1 aliphatic carbocycles. The van der Waals surface area contributed by atoms with Gasteiger partial charge >= 0.3 is 0 Å². The van der Waals surface area contributed by atoms with Gasteiger partial charge in [0.1, 0.15) is 6.04 Å². The number of hydrogen-bond acceptors (Lipinski definition) is 3. The molecule has 4 nitrogen and oxygen atoms in total. The lowest BCUT2D eigenvalue weighted by atomic mass is 9.95. The molecular weight excluding hydrogens is 428 g/mol. The Morgan fingerprint density at radius 2 is 1.84 bits per heavy atom. The van der Waals surface area contributed by atoms with Crippen molar-refractivity contribution in [2.45, 2.75) is 69.5 Å². The van der Waals surface area contributed by atoms with E-state index in [1.54, 1.807) is 4.90 Å². The first-order valence-corrected chi connectivity index (χ1v) is 12.3. The zero-order chi connectivity index (χ0) is 22.2. The van der Waals surface area contributed by atoms with Gasteiger partial charge in [-0.15, -0.1) is 11.8 Å². The number of rotatable bonds is 8. The SMILES string of the molecule is Cc1cccc(CN(C(=O)CSc2ccc(Cl)cc2)[C@@H](C)C(=O)NC2CCCCC2)c1. The minimum absolute atomic E-state index is 0.0484. The Bertz CT molecular complexity index is 881. The van der Waals surface area contributed by atoms with Crippen molar-refractivity contribution in [3.8, 4) is 0 Å². The lowest BCUT2D eigenvalue weighted by molar-refractivity contribution is -0.139. The van der Waals surface area contributed by atoms with Gasteiger partial charge in [-0.25, -0.2) is 0 Å². The molecule has 0 heterocycles. The van der Waals surface area contributed by atoms with Crippen molar-refractivity contribution in [1.29, 1.82) is 0 Å². The van der Waals surface area contributed by atoms with Crippen molar-refractivity contribution in [3.63, 3.8) is 0 Å². The molecule has 2 aromatic carbocycles. The molecule has 1 atom stereocenters. The van der Waals surface area contributed by atoms with Gasteiger partial charge in [-0.3, -0.25) is 9.59 Å². The second-order valence-electron chi connectivity index (χ2n) is 8.27. The normalized spacial score (nSPS) is 15.3. The second-order valence-corrected chi connectivity index (χ2v) is 9.76. The predicted octanol–water partition coefficient (Wildman–Crippen LogP) is 5.61. The van der Waals surface area contributed by atoms with Crippen molar-refractivity contribution in [1.82, 2.24) is 10.2 Å². The van der Waals surface area contributed by atoms with Crippen molar-refractivity contribution in [3.05, 3.63) is 64.7 Å². The van der Waals surface area contributed by atoms with Crippen LogP contribution in [0, 0.1) is 6.92 Å². The summed E-state index contributed by atoms with van der Waals surface area (Å²) in [6.45, 7) is 4.28. The van der Waals surface area contributed by atoms with E-state index in [2.05, 4.69) is 11.4 Å². The molecule has 1 fully saturated rings. The smallest absolute Gasteiger partial charge is 0.242 e. The summed E-state index contributed by atoms with van der Waals surface area (Å²) in [6.07, 6.45) is 5.60. The van der Waals surface area contributed by atoms with Crippen molar-refractivity contribution >= 4 is 35.2 Å². The van der Waals surface area contributed by atoms with Crippen LogP contribution in [-0.4, -0.2) is 34.6 Å². The fourth-order valence-corrected chi connectivity index (χ4v) is 4.83. The van der Waals surface area contributed by atoms with Gasteiger partial charge in [0.2, 0.25) is 11.8 Å². The standard InChI is InChI=1S/C25H31ClN2O2S/c1-18-7-6-8-20(15-18)16-28(19(2)25(30)27-22-9-4-3-5-10-22)24(29)17-31-23-13-11-21(26)12-14-23/h6-8,11-15,19,22H,3-5,9-10,16-17H2,1-2H3,(H,27,30)/t19-/m0/s1. The van der Waals surface area contributed by atoms with E-state index in [1.165, 1.54) is 18.2 Å². The highest BCUT2D eigenvalue weighted by Gasteiger charge is 2.28. The average molecular weight is 459 g/mol. The molecule has 166 valence electrons. The van der Waals surface area contributed by atoms with Crippen molar-refractivity contribution < 1.29 is 9.59 Å². The van der Waals surface area contributed by atoms with Gasteiger partial charge in [-0.2, -0.15) is 0 Å². The van der Waals surface area contributed by atoms with Crippen LogP contribution in [0.5, 0.6) is 0 Å². The van der Waals surface area contributed by atoms with Gasteiger partial charge in [-0.05, 0) is 56.5 Å². The number of nitrogens with one attached hydrogen (secondary N) is 1. The van der Waals surface area contributed by atoms with Gasteiger partial charge < -0.3 is 10.2 Å². The fourth-order valence-electron chi connectivity index (χ4n) is 3.92. The molecule has 0 saturated heterocycles. The first-order valence-electron chi connectivity index (χ1n) is 11.0. The molecule has 1 N–H and O–H groups in total. The van der Waals surface area contributed by atoms with Crippen molar-refractivity contribution in [2.75, 3.05) is 5.75 Å². The van der Waals surface area contributed by atoms with Gasteiger partial charge in [0.05, 0.1) is 5.75 Å². The van der Waals surface area contributed by atoms with E-state index in [1.807, 2.05) is 56.3 Å². The number of halogens is 1. The summed E-state index contributed by atoms with van der Waals surface area (Å²) >= 11 is 7.42. The topological polar surface area (TPSA) is 49.4 Å². The summed E-state index contributed by atoms with van der Waals surface area (Å²) < 4.78 is 0. The highest BCUT2D eigenvalue weighted by atomic mass is 35.5. The third-order valence-corrected chi connectivity index (χ3v) is 6.98. The third kappa shape index (κ3) is 7.29. The zero-order valence-electron chi connectivity index (χ0n) is 18.3. The molecule has 2 amide bonds. The summed E-state index contributed by atoms with van der Waals surface area (Å²) in [5.41, 5.74) is 2.17. The molecule has 1 saturated carbocycles. The highest BCUT2D eigenvalue weighted by Crippen LogP contribution is 2.22. The maximum absolute atomic E-state index is 13.2. The molecule has 0 spiro atoms. The molecule has 2 aromatic rings. The van der Waals surface area contributed by atoms with E-state index < -0.39 is 6.04 Å². The Morgan fingerprint density at radius 3 is 2.52 bits per heavy atom. The minimum atomic E-state index is -0.527. The number of benzene rings is 2. The number of carbonyl (C=O) groups is 2. The maximum Gasteiger partial charge on any atom is 0.242 e. The van der Waals surface area contributed by atoms with Crippen LogP contribution in [0.1, 0.15) is 50.2 Å². The van der Waals surface area contributed by atoms with E-state index >= 15 is 0 Å². The monoisotopic (exact) mass is 458 g/mol. The molecular formula is C25H31ClN2O2S. The molecule has 0 unspecified atom stereocenters. The first-order chi connectivity index (χ1) is 14.9. The number of hydrogen-bond donors (Lipinski definition) is 1. The van der Waals surface area contributed by atoms with Gasteiger partial charge in [-0.1, -0.05) is 60.7 Å². The number of carbonyl (C=O) groups excluding carboxylic acids is 2. The third-order valence-electron chi connectivity index (χ3n) is 5.73. The molecule has 31 heavy (non-hydrogen) atoms. The lowest BCUT2D eigenvalue weighted by Gasteiger charge is -2.31. The average Bonchev–Trinajstić information content (AvgIpc) is 2.77. The van der Waals surface area contributed by atoms with E-state index in [-0.39, 0.29) is 23.6 Å². The van der Waals surface area contributed by atoms with Crippen LogP contribution in [0.4, 0.5) is 0 Å². The van der Waals surface area contributed by atoms with Gasteiger partial charge in [0, 0.05) is 22.5 Å². The zero-order valence-corrected chi connectivity index (χ0v) is 19.8. The van der Waals surface area contributed by atoms with Crippen LogP contribution < -0.4 is 5.32 Å². The van der Waals surface area contributed by atoms with Crippen LogP contribution in [0.2, 0.25) is 5.02 Å². The van der Waals surface area contributed by atoms with Crippen LogP contribution in [-0.2, 0) is 16.1 Å². The summed E-state index contributed by atoms with van der Waals surface area (Å²) in [5, 5.41) is 3.85. The number of nitrogens with zero attached hydrogens (tertiary/aromatic N) is 1. The van der Waals surface area contributed by atoms with Crippen LogP contribution in [0.3, 0.4) is 0 Å². The Morgan fingerprint density at radius 1 is 1.13 bits per heavy atom. The number of thioether (sulfide) groups is 1. The molecule has 3 rings (SSSR count). The van der Waals surface area contributed by atoms with Crippen LogP contribution in [0.15, 0.2) is 53.4 Å². The largest absolute Gasteiger partial charge is 0.352 e. The summed E-state index contributed by atoms with van der Waals surface area (Å²) in [6, 6.07) is 15.2. The summed E-state index contributed by atoms with van der Waals surface area (Å²) in [7, 11) is 0. The second kappa shape index (κ2) is 11.6. The predicted molar refractivity (Wildman–Crippen MR) is 128 cm³/mol. The Balaban J connectivity index is 1.70. The number of aryl methyl sites for hydroxylation is 1. The maximum atomic E-state index is 13.2. The summed E-state index contributed by atoms with van der Waals surface area (Å²) in [4.78, 5) is 28.9. The highest BCUT2D eigenvalue weighted by molar-refractivity contribution is 8.00. The Labute approximate surface area is 194 Å². The summed E-state index contributed by atoms with van der Waals surface area (Å²) in [5.74, 6) is 0.159. The first kappa shape index (κ1) is 23.7. The van der Waals surface area contributed by atoms with Crippen LogP contribution in [0.25, 0.3) is 0 Å².